The van der Waals surface area contributed by atoms with Gasteiger partial charge < -0.3 is 20.3 Å². The molecule has 10 heteroatoms. The fraction of sp³-hybridized carbons (Fsp3) is 0.609. The zero-order valence-electron chi connectivity index (χ0n) is 19.8. The first-order valence-electron chi connectivity index (χ1n) is 11.1. The van der Waals surface area contributed by atoms with Gasteiger partial charge in [-0.2, -0.15) is 0 Å². The summed E-state index contributed by atoms with van der Waals surface area (Å²) in [5, 5.41) is 15.0. The van der Waals surface area contributed by atoms with Gasteiger partial charge in [-0.05, 0) is 42.7 Å². The van der Waals surface area contributed by atoms with Crippen molar-refractivity contribution in [3.63, 3.8) is 0 Å². The molecule has 33 heavy (non-hydrogen) atoms. The van der Waals surface area contributed by atoms with Crippen LogP contribution in [0.2, 0.25) is 5.02 Å². The first kappa shape index (κ1) is 26.7. The summed E-state index contributed by atoms with van der Waals surface area (Å²) in [6, 6.07) is 2.93. The van der Waals surface area contributed by atoms with E-state index in [-0.39, 0.29) is 25.4 Å². The van der Waals surface area contributed by atoms with Gasteiger partial charge in [0.05, 0.1) is 12.8 Å². The third kappa shape index (κ3) is 8.40. The summed E-state index contributed by atoms with van der Waals surface area (Å²) in [5.41, 5.74) is 2.33. The second kappa shape index (κ2) is 12.1. The molecule has 0 saturated heterocycles. The van der Waals surface area contributed by atoms with E-state index in [1.165, 1.54) is 12.0 Å². The molecule has 1 aliphatic rings. The van der Waals surface area contributed by atoms with Gasteiger partial charge in [0.1, 0.15) is 12.3 Å². The fourth-order valence-corrected chi connectivity index (χ4v) is 4.12. The standard InChI is InChI=1S/C23H35ClN4O5/c1-15-9-18(19(33-4)10-17(15)24)26-22(31)25-14-23(2,3)11-21(30)28(13-20(29)27-32)12-16-7-5-6-8-16/h9-10,16,32H,5-8,11-14H2,1-4H3,(H,27,29)(H2,25,26,31). The van der Waals surface area contributed by atoms with Crippen molar-refractivity contribution in [1.82, 2.24) is 15.7 Å². The Morgan fingerprint density at radius 1 is 1.24 bits per heavy atom. The lowest BCUT2D eigenvalue weighted by molar-refractivity contribution is -0.141. The maximum absolute atomic E-state index is 13.0. The van der Waals surface area contributed by atoms with E-state index in [9.17, 15) is 14.4 Å². The van der Waals surface area contributed by atoms with E-state index in [1.54, 1.807) is 17.6 Å². The highest BCUT2D eigenvalue weighted by atomic mass is 35.5. The van der Waals surface area contributed by atoms with E-state index in [2.05, 4.69) is 10.6 Å². The number of hydrogen-bond acceptors (Lipinski definition) is 5. The molecule has 0 radical (unpaired) electrons. The predicted octanol–water partition coefficient (Wildman–Crippen LogP) is 3.72. The van der Waals surface area contributed by atoms with Crippen molar-refractivity contribution in [2.75, 3.05) is 32.1 Å². The summed E-state index contributed by atoms with van der Waals surface area (Å²) in [5.74, 6) is 0.00161. The third-order valence-corrected chi connectivity index (χ3v) is 6.26. The lowest BCUT2D eigenvalue weighted by atomic mass is 9.88. The number of anilines is 1. The maximum atomic E-state index is 13.0. The Hall–Kier alpha value is -2.52. The minimum Gasteiger partial charge on any atom is -0.495 e. The Balaban J connectivity index is 1.95. The number of methoxy groups -OCH3 is 1. The number of amides is 4. The van der Waals surface area contributed by atoms with Crippen LogP contribution in [0.5, 0.6) is 5.75 Å². The summed E-state index contributed by atoms with van der Waals surface area (Å²) in [7, 11) is 1.49. The second-order valence-electron chi connectivity index (χ2n) is 9.41. The van der Waals surface area contributed by atoms with Gasteiger partial charge in [0.25, 0.3) is 5.91 Å². The number of nitrogens with one attached hydrogen (secondary N) is 3. The van der Waals surface area contributed by atoms with Crippen molar-refractivity contribution in [2.24, 2.45) is 11.3 Å². The van der Waals surface area contributed by atoms with Gasteiger partial charge in [-0.15, -0.1) is 0 Å². The molecular formula is C23H35ClN4O5. The second-order valence-corrected chi connectivity index (χ2v) is 9.82. The number of hydrogen-bond donors (Lipinski definition) is 4. The molecule has 9 nitrogen and oxygen atoms in total. The molecule has 0 unspecified atom stereocenters. The number of carbonyl (C=O) groups excluding carboxylic acids is 3. The molecule has 1 aliphatic carbocycles. The van der Waals surface area contributed by atoms with Crippen molar-refractivity contribution in [3.05, 3.63) is 22.7 Å². The van der Waals surface area contributed by atoms with Crippen LogP contribution in [0, 0.1) is 18.3 Å². The summed E-state index contributed by atoms with van der Waals surface area (Å²) >= 11 is 6.11. The molecule has 1 aromatic carbocycles. The van der Waals surface area contributed by atoms with Crippen molar-refractivity contribution >= 4 is 35.1 Å². The molecular weight excluding hydrogens is 448 g/mol. The molecule has 1 aromatic rings. The molecule has 0 bridgehead atoms. The quantitative estimate of drug-likeness (QED) is 0.299. The van der Waals surface area contributed by atoms with Gasteiger partial charge in [-0.3, -0.25) is 14.8 Å². The van der Waals surface area contributed by atoms with Crippen LogP contribution in [0.1, 0.15) is 51.5 Å². The molecule has 1 fully saturated rings. The number of hydroxylamine groups is 1. The average Bonchev–Trinajstić information content (AvgIpc) is 3.27. The van der Waals surface area contributed by atoms with E-state index in [0.29, 0.717) is 28.9 Å². The average molecular weight is 483 g/mol. The van der Waals surface area contributed by atoms with Crippen LogP contribution in [0.25, 0.3) is 0 Å². The van der Waals surface area contributed by atoms with E-state index in [0.717, 1.165) is 31.2 Å². The minimum atomic E-state index is -0.621. The molecule has 184 valence electrons. The number of urea groups is 1. The van der Waals surface area contributed by atoms with E-state index >= 15 is 0 Å². The highest BCUT2D eigenvalue weighted by molar-refractivity contribution is 6.31. The molecule has 1 saturated carbocycles. The molecule has 4 N–H and O–H groups in total. The highest BCUT2D eigenvalue weighted by Crippen LogP contribution is 2.31. The molecule has 0 spiro atoms. The van der Waals surface area contributed by atoms with Crippen molar-refractivity contribution in [2.45, 2.75) is 52.9 Å². The lowest BCUT2D eigenvalue weighted by Crippen LogP contribution is -2.45. The zero-order chi connectivity index (χ0) is 24.6. The van der Waals surface area contributed by atoms with Gasteiger partial charge in [0.2, 0.25) is 5.91 Å². The largest absolute Gasteiger partial charge is 0.495 e. The smallest absolute Gasteiger partial charge is 0.319 e. The Morgan fingerprint density at radius 3 is 2.52 bits per heavy atom. The Morgan fingerprint density at radius 2 is 1.91 bits per heavy atom. The van der Waals surface area contributed by atoms with E-state index in [4.69, 9.17) is 21.5 Å². The van der Waals surface area contributed by atoms with Gasteiger partial charge in [-0.25, -0.2) is 10.3 Å². The predicted molar refractivity (Wildman–Crippen MR) is 127 cm³/mol. The Kier molecular flexibility index (Phi) is 9.79. The van der Waals surface area contributed by atoms with Gasteiger partial charge in [-0.1, -0.05) is 38.3 Å². The van der Waals surface area contributed by atoms with Crippen LogP contribution in [-0.4, -0.2) is 54.7 Å². The first-order chi connectivity index (χ1) is 15.5. The normalized spacial score (nSPS) is 14.0. The number of aryl methyl sites for hydroxylation is 1. The number of rotatable bonds is 10. The minimum absolute atomic E-state index is 0.141. The molecule has 0 aliphatic heterocycles. The molecule has 0 atom stereocenters. The Labute approximate surface area is 200 Å². The van der Waals surface area contributed by atoms with Crippen molar-refractivity contribution in [3.8, 4) is 5.75 Å². The summed E-state index contributed by atoms with van der Waals surface area (Å²) in [6.07, 6.45) is 4.46. The lowest BCUT2D eigenvalue weighted by Gasteiger charge is -2.30. The van der Waals surface area contributed by atoms with Gasteiger partial charge in [0.15, 0.2) is 0 Å². The fourth-order valence-electron chi connectivity index (χ4n) is 3.97. The van der Waals surface area contributed by atoms with Crippen LogP contribution < -0.4 is 20.9 Å². The zero-order valence-corrected chi connectivity index (χ0v) is 20.6. The number of benzene rings is 1. The number of carbonyl (C=O) groups is 3. The van der Waals surface area contributed by atoms with Crippen LogP contribution in [0.15, 0.2) is 12.1 Å². The van der Waals surface area contributed by atoms with Crippen molar-refractivity contribution in [1.29, 1.82) is 0 Å². The van der Waals surface area contributed by atoms with Crippen LogP contribution in [0.3, 0.4) is 0 Å². The SMILES string of the molecule is COc1cc(Cl)c(C)cc1NC(=O)NCC(C)(C)CC(=O)N(CC(=O)NO)CC1CCCC1. The summed E-state index contributed by atoms with van der Waals surface area (Å²) in [6.45, 7) is 6.12. The monoisotopic (exact) mass is 482 g/mol. The number of ether oxygens (including phenoxy) is 1. The van der Waals surface area contributed by atoms with Crippen LogP contribution in [-0.2, 0) is 9.59 Å². The third-order valence-electron chi connectivity index (χ3n) is 5.85. The Bertz CT molecular complexity index is 855. The van der Waals surface area contributed by atoms with Crippen LogP contribution in [0.4, 0.5) is 10.5 Å². The van der Waals surface area contributed by atoms with E-state index in [1.807, 2.05) is 20.8 Å². The maximum Gasteiger partial charge on any atom is 0.319 e. The van der Waals surface area contributed by atoms with Gasteiger partial charge in [0, 0.05) is 30.6 Å². The molecule has 2 rings (SSSR count). The van der Waals surface area contributed by atoms with E-state index < -0.39 is 17.4 Å². The topological polar surface area (TPSA) is 120 Å². The van der Waals surface area contributed by atoms with Crippen LogP contribution >= 0.6 is 11.6 Å². The summed E-state index contributed by atoms with van der Waals surface area (Å²) < 4.78 is 5.27. The summed E-state index contributed by atoms with van der Waals surface area (Å²) in [4.78, 5) is 38.7. The van der Waals surface area contributed by atoms with Crippen molar-refractivity contribution < 1.29 is 24.3 Å². The molecule has 0 aromatic heterocycles. The highest BCUT2D eigenvalue weighted by Gasteiger charge is 2.29. The number of halogens is 1. The number of nitrogens with zero attached hydrogens (tertiary/aromatic N) is 1. The molecule has 0 heterocycles. The molecule has 4 amide bonds. The van der Waals surface area contributed by atoms with Gasteiger partial charge >= 0.3 is 6.03 Å². The first-order valence-corrected chi connectivity index (χ1v) is 11.5.